The van der Waals surface area contributed by atoms with E-state index in [4.69, 9.17) is 17.0 Å². The quantitative estimate of drug-likeness (QED) is 0.775. The van der Waals surface area contributed by atoms with E-state index in [-0.39, 0.29) is 0 Å². The van der Waals surface area contributed by atoms with Crippen molar-refractivity contribution < 1.29 is 0 Å². The highest BCUT2D eigenvalue weighted by Crippen LogP contribution is 2.30. The molecule has 0 saturated carbocycles. The van der Waals surface area contributed by atoms with Crippen LogP contribution in [-0.4, -0.2) is 17.5 Å². The molecule has 2 rings (SSSR count). The average molecular weight is 213 g/mol. The van der Waals surface area contributed by atoms with Crippen molar-refractivity contribution in [1.82, 2.24) is 0 Å². The molecule has 1 aliphatic heterocycles. The number of nitrogens with one attached hydrogen (secondary N) is 1. The van der Waals surface area contributed by atoms with E-state index < -0.39 is 0 Å². The van der Waals surface area contributed by atoms with Gasteiger partial charge in [0.15, 0.2) is 5.17 Å². The van der Waals surface area contributed by atoms with E-state index in [2.05, 4.69) is 0 Å². The molecule has 0 radical (unpaired) electrons. The van der Waals surface area contributed by atoms with Crippen LogP contribution in [-0.2, 0) is 0 Å². The Balaban J connectivity index is 2.34. The Morgan fingerprint density at radius 2 is 2.15 bits per heavy atom. The maximum atomic E-state index is 7.67. The van der Waals surface area contributed by atoms with E-state index in [9.17, 15) is 0 Å². The lowest BCUT2D eigenvalue weighted by Crippen LogP contribution is -2.22. The molecule has 0 unspecified atom stereocenters. The Bertz CT molecular complexity index is 340. The largest absolute Gasteiger partial charge is 0.319 e. The highest BCUT2D eigenvalue weighted by molar-refractivity contribution is 8.14. The summed E-state index contributed by atoms with van der Waals surface area (Å²) in [6, 6.07) is 7.64. The van der Waals surface area contributed by atoms with Gasteiger partial charge in [-0.1, -0.05) is 35.5 Å². The van der Waals surface area contributed by atoms with Gasteiger partial charge < -0.3 is 4.90 Å². The number of para-hydroxylation sites is 1. The van der Waals surface area contributed by atoms with Crippen molar-refractivity contribution in [3.63, 3.8) is 0 Å². The summed E-state index contributed by atoms with van der Waals surface area (Å²) < 4.78 is 0. The number of hydrogen-bond acceptors (Lipinski definition) is 2. The third kappa shape index (κ3) is 1.67. The summed E-state index contributed by atoms with van der Waals surface area (Å²) in [6.45, 7) is 0.882. The van der Waals surface area contributed by atoms with Crippen molar-refractivity contribution in [2.24, 2.45) is 0 Å². The van der Waals surface area contributed by atoms with Gasteiger partial charge in [0.05, 0.1) is 10.7 Å². The minimum Gasteiger partial charge on any atom is -0.319 e. The third-order valence-electron chi connectivity index (χ3n) is 1.94. The summed E-state index contributed by atoms with van der Waals surface area (Å²) in [5, 5.41) is 8.98. The Morgan fingerprint density at radius 3 is 2.77 bits per heavy atom. The molecule has 0 atom stereocenters. The molecule has 1 aromatic rings. The van der Waals surface area contributed by atoms with Crippen molar-refractivity contribution in [3.8, 4) is 0 Å². The van der Waals surface area contributed by atoms with Crippen molar-refractivity contribution in [3.05, 3.63) is 29.3 Å². The number of nitrogens with zero attached hydrogens (tertiary/aromatic N) is 1. The van der Waals surface area contributed by atoms with Gasteiger partial charge in [0.1, 0.15) is 0 Å². The maximum absolute atomic E-state index is 7.67. The van der Waals surface area contributed by atoms with E-state index in [1.165, 1.54) is 0 Å². The first kappa shape index (κ1) is 8.91. The van der Waals surface area contributed by atoms with E-state index in [1.54, 1.807) is 11.8 Å². The van der Waals surface area contributed by atoms with Crippen molar-refractivity contribution >= 4 is 34.2 Å². The Labute approximate surface area is 86.4 Å². The second-order valence-corrected chi connectivity index (χ2v) is 4.25. The van der Waals surface area contributed by atoms with Gasteiger partial charge in [0, 0.05) is 12.3 Å². The first-order valence-corrected chi connectivity index (χ1v) is 5.39. The second-order valence-electron chi connectivity index (χ2n) is 2.76. The zero-order chi connectivity index (χ0) is 9.26. The monoisotopic (exact) mass is 212 g/mol. The van der Waals surface area contributed by atoms with Crippen LogP contribution in [0, 0.1) is 5.41 Å². The van der Waals surface area contributed by atoms with Crippen LogP contribution in [0.2, 0.25) is 5.02 Å². The van der Waals surface area contributed by atoms with Crippen LogP contribution in [0.25, 0.3) is 0 Å². The van der Waals surface area contributed by atoms with Gasteiger partial charge in [-0.2, -0.15) is 0 Å². The minimum atomic E-state index is 0.591. The molecule has 0 aromatic heterocycles. The smallest absolute Gasteiger partial charge is 0.160 e. The lowest BCUT2D eigenvalue weighted by Gasteiger charge is -2.17. The van der Waals surface area contributed by atoms with Gasteiger partial charge in [-0.15, -0.1) is 0 Å². The van der Waals surface area contributed by atoms with Crippen LogP contribution in [0.15, 0.2) is 24.3 Å². The summed E-state index contributed by atoms with van der Waals surface area (Å²) >= 11 is 7.58. The van der Waals surface area contributed by atoms with Gasteiger partial charge in [-0.3, -0.25) is 5.41 Å². The minimum absolute atomic E-state index is 0.591. The molecule has 1 N–H and O–H groups in total. The lowest BCUT2D eigenvalue weighted by molar-refractivity contribution is 1.10. The van der Waals surface area contributed by atoms with Crippen molar-refractivity contribution in [2.75, 3.05) is 17.2 Å². The number of halogens is 1. The maximum Gasteiger partial charge on any atom is 0.160 e. The molecule has 13 heavy (non-hydrogen) atoms. The van der Waals surface area contributed by atoms with Crippen molar-refractivity contribution in [2.45, 2.75) is 0 Å². The van der Waals surface area contributed by atoms with Crippen LogP contribution in [0.1, 0.15) is 0 Å². The van der Waals surface area contributed by atoms with Crippen LogP contribution in [0.3, 0.4) is 0 Å². The fraction of sp³-hybridized carbons (Fsp3) is 0.222. The Hall–Kier alpha value is -0.670. The highest BCUT2D eigenvalue weighted by Gasteiger charge is 2.20. The molecule has 1 saturated heterocycles. The predicted octanol–water partition coefficient (Wildman–Crippen LogP) is 2.83. The van der Waals surface area contributed by atoms with Crippen LogP contribution in [0.4, 0.5) is 5.69 Å². The number of anilines is 1. The second kappa shape index (κ2) is 3.60. The molecule has 1 fully saturated rings. The van der Waals surface area contributed by atoms with Gasteiger partial charge in [0.25, 0.3) is 0 Å². The van der Waals surface area contributed by atoms with Crippen molar-refractivity contribution in [1.29, 1.82) is 5.41 Å². The molecule has 0 spiro atoms. The van der Waals surface area contributed by atoms with E-state index >= 15 is 0 Å². The summed E-state index contributed by atoms with van der Waals surface area (Å²) in [4.78, 5) is 1.94. The van der Waals surface area contributed by atoms with E-state index in [0.717, 1.165) is 23.0 Å². The summed E-state index contributed by atoms with van der Waals surface area (Å²) in [6.07, 6.45) is 0. The standard InChI is InChI=1S/C9H9ClN2S/c10-7-3-1-2-4-8(7)12-5-6-13-9(12)11/h1-4,11H,5-6H2. The van der Waals surface area contributed by atoms with E-state index in [1.807, 2.05) is 29.2 Å². The zero-order valence-corrected chi connectivity index (χ0v) is 8.53. The number of hydrogen-bond donors (Lipinski definition) is 1. The molecular formula is C9H9ClN2S. The first-order chi connectivity index (χ1) is 6.29. The molecule has 0 bridgehead atoms. The molecule has 1 heterocycles. The summed E-state index contributed by atoms with van der Waals surface area (Å²) in [7, 11) is 0. The van der Waals surface area contributed by atoms with E-state index in [0.29, 0.717) is 5.17 Å². The summed E-state index contributed by atoms with van der Waals surface area (Å²) in [5.41, 5.74) is 0.944. The fourth-order valence-electron chi connectivity index (χ4n) is 1.31. The molecule has 1 aliphatic rings. The first-order valence-electron chi connectivity index (χ1n) is 4.02. The molecule has 0 amide bonds. The number of amidine groups is 1. The fourth-order valence-corrected chi connectivity index (χ4v) is 2.36. The normalized spacial score (nSPS) is 16.7. The number of thioether (sulfide) groups is 1. The highest BCUT2D eigenvalue weighted by atomic mass is 35.5. The Kier molecular flexibility index (Phi) is 2.47. The van der Waals surface area contributed by atoms with Gasteiger partial charge in [-0.05, 0) is 12.1 Å². The van der Waals surface area contributed by atoms with Gasteiger partial charge in [0.2, 0.25) is 0 Å². The molecule has 68 valence electrons. The number of rotatable bonds is 1. The number of benzene rings is 1. The lowest BCUT2D eigenvalue weighted by atomic mass is 10.3. The molecule has 4 heteroatoms. The predicted molar refractivity (Wildman–Crippen MR) is 59.0 cm³/mol. The topological polar surface area (TPSA) is 27.1 Å². The third-order valence-corrected chi connectivity index (χ3v) is 3.14. The average Bonchev–Trinajstić information content (AvgIpc) is 2.52. The van der Waals surface area contributed by atoms with Gasteiger partial charge >= 0.3 is 0 Å². The van der Waals surface area contributed by atoms with Crippen LogP contribution >= 0.6 is 23.4 Å². The van der Waals surface area contributed by atoms with Gasteiger partial charge in [-0.25, -0.2) is 0 Å². The SMILES string of the molecule is N=C1SCCN1c1ccccc1Cl. The Morgan fingerprint density at radius 1 is 1.38 bits per heavy atom. The van der Waals surface area contributed by atoms with Crippen LogP contribution in [0.5, 0.6) is 0 Å². The summed E-state index contributed by atoms with van der Waals surface area (Å²) in [5.74, 6) is 0.976. The molecule has 2 nitrogen and oxygen atoms in total. The molecule has 0 aliphatic carbocycles. The zero-order valence-electron chi connectivity index (χ0n) is 6.96. The molecular weight excluding hydrogens is 204 g/mol. The molecule has 1 aromatic carbocycles. The van der Waals surface area contributed by atoms with Crippen LogP contribution < -0.4 is 4.90 Å².